The zero-order valence-corrected chi connectivity index (χ0v) is 32.2. The van der Waals surface area contributed by atoms with Crippen molar-refractivity contribution < 1.29 is 8.83 Å². The van der Waals surface area contributed by atoms with Crippen molar-refractivity contribution in [2.24, 2.45) is 0 Å². The normalized spacial score (nSPS) is 15.7. The molecule has 2 unspecified atom stereocenters. The molecule has 1 aliphatic heterocycles. The Bertz CT molecular complexity index is 3260. The fourth-order valence-electron chi connectivity index (χ4n) is 9.14. The molecular weight excluding hydrogens is 727 g/mol. The summed E-state index contributed by atoms with van der Waals surface area (Å²) >= 11 is 1.97. The van der Waals surface area contributed by atoms with Gasteiger partial charge < -0.3 is 13.7 Å². The van der Waals surface area contributed by atoms with Crippen molar-refractivity contribution in [1.82, 2.24) is 0 Å². The zero-order valence-electron chi connectivity index (χ0n) is 31.4. The smallest absolute Gasteiger partial charge is 0.144 e. The third kappa shape index (κ3) is 5.22. The van der Waals surface area contributed by atoms with E-state index in [0.29, 0.717) is 11.2 Å². The summed E-state index contributed by atoms with van der Waals surface area (Å²) in [6.45, 7) is 0. The fourth-order valence-corrected chi connectivity index (χ4v) is 10.6. The maximum atomic E-state index is 7.05. The van der Waals surface area contributed by atoms with Gasteiger partial charge in [0.15, 0.2) is 0 Å². The summed E-state index contributed by atoms with van der Waals surface area (Å²) in [5, 5.41) is 4.67. The van der Waals surface area contributed by atoms with E-state index in [9.17, 15) is 0 Å². The molecule has 2 aliphatic rings. The molecule has 0 radical (unpaired) electrons. The molecule has 0 saturated carbocycles. The molecule has 12 rings (SSSR count). The molecule has 10 aromatic rings. The summed E-state index contributed by atoms with van der Waals surface area (Å²) < 4.78 is 13.6. The van der Waals surface area contributed by atoms with Crippen molar-refractivity contribution in [2.75, 3.05) is 4.90 Å². The number of rotatable bonds is 6. The van der Waals surface area contributed by atoms with Crippen LogP contribution in [0.4, 0.5) is 17.1 Å². The minimum atomic E-state index is 0.374. The van der Waals surface area contributed by atoms with Crippen LogP contribution in [0, 0.1) is 0 Å². The minimum absolute atomic E-state index is 0.374. The van der Waals surface area contributed by atoms with Crippen LogP contribution in [0.25, 0.3) is 77.3 Å². The molecule has 2 aromatic heterocycles. The second kappa shape index (κ2) is 13.3. The summed E-state index contributed by atoms with van der Waals surface area (Å²) in [5.74, 6) is 0.374. The third-order valence-corrected chi connectivity index (χ3v) is 13.2. The second-order valence-corrected chi connectivity index (χ2v) is 16.3. The van der Waals surface area contributed by atoms with Crippen LogP contribution >= 0.6 is 11.8 Å². The quantitative estimate of drug-likeness (QED) is 0.169. The monoisotopic (exact) mass is 761 g/mol. The number of nitrogens with zero attached hydrogens (tertiary/aromatic N) is 1. The molecule has 0 amide bonds. The van der Waals surface area contributed by atoms with Crippen molar-refractivity contribution in [3.05, 3.63) is 206 Å². The molecule has 0 bridgehead atoms. The Balaban J connectivity index is 1.02. The molecular formula is C54H35NO2S. The summed E-state index contributed by atoms with van der Waals surface area (Å²) in [6, 6.07) is 62.8. The van der Waals surface area contributed by atoms with Crippen LogP contribution in [-0.4, -0.2) is 5.25 Å². The van der Waals surface area contributed by atoms with Crippen molar-refractivity contribution in [2.45, 2.75) is 16.1 Å². The van der Waals surface area contributed by atoms with E-state index in [0.717, 1.165) is 77.5 Å². The third-order valence-electron chi connectivity index (χ3n) is 11.8. The molecule has 1 aliphatic carbocycles. The van der Waals surface area contributed by atoms with Crippen molar-refractivity contribution >= 4 is 72.7 Å². The number of anilines is 3. The number of fused-ring (bicyclic) bond motifs is 9. The average molecular weight is 762 g/mol. The molecule has 8 aromatic carbocycles. The van der Waals surface area contributed by atoms with Crippen molar-refractivity contribution in [3.63, 3.8) is 0 Å². The Morgan fingerprint density at radius 2 is 1.19 bits per heavy atom. The van der Waals surface area contributed by atoms with E-state index in [-0.39, 0.29) is 0 Å². The first-order chi connectivity index (χ1) is 28.8. The van der Waals surface area contributed by atoms with Gasteiger partial charge in [-0.25, -0.2) is 0 Å². The number of furan rings is 2. The van der Waals surface area contributed by atoms with Crippen LogP contribution in [0.3, 0.4) is 0 Å². The topological polar surface area (TPSA) is 29.5 Å². The molecule has 4 heteroatoms. The Morgan fingerprint density at radius 1 is 0.466 bits per heavy atom. The minimum Gasteiger partial charge on any atom is -0.456 e. The van der Waals surface area contributed by atoms with Gasteiger partial charge in [0, 0.05) is 60.1 Å². The predicted octanol–water partition coefficient (Wildman–Crippen LogP) is 15.6. The Hall–Kier alpha value is -7.01. The molecule has 58 heavy (non-hydrogen) atoms. The Kier molecular flexibility index (Phi) is 7.60. The highest BCUT2D eigenvalue weighted by atomic mass is 32.2. The van der Waals surface area contributed by atoms with Gasteiger partial charge in [0.2, 0.25) is 0 Å². The van der Waals surface area contributed by atoms with Gasteiger partial charge in [-0.05, 0) is 70.3 Å². The van der Waals surface area contributed by atoms with Crippen LogP contribution in [0.5, 0.6) is 0 Å². The summed E-state index contributed by atoms with van der Waals surface area (Å²) in [4.78, 5) is 3.77. The molecule has 3 nitrogen and oxygen atoms in total. The summed E-state index contributed by atoms with van der Waals surface area (Å²) in [5.41, 5.74) is 15.0. The molecule has 3 heterocycles. The van der Waals surface area contributed by atoms with Crippen LogP contribution in [0.15, 0.2) is 214 Å². The highest BCUT2D eigenvalue weighted by molar-refractivity contribution is 8.00. The second-order valence-electron chi connectivity index (χ2n) is 15.1. The maximum absolute atomic E-state index is 7.05. The highest BCUT2D eigenvalue weighted by Crippen LogP contribution is 2.54. The molecule has 0 spiro atoms. The first kappa shape index (κ1) is 33.2. The van der Waals surface area contributed by atoms with Crippen molar-refractivity contribution in [1.29, 1.82) is 0 Å². The van der Waals surface area contributed by atoms with Crippen LogP contribution < -0.4 is 4.90 Å². The largest absolute Gasteiger partial charge is 0.456 e. The highest BCUT2D eigenvalue weighted by Gasteiger charge is 2.34. The summed E-state index contributed by atoms with van der Waals surface area (Å²) in [7, 11) is 0. The van der Waals surface area contributed by atoms with E-state index in [1.165, 1.54) is 27.3 Å². The number of allylic oxidation sites excluding steroid dienone is 3. The molecule has 2 atom stereocenters. The lowest BCUT2D eigenvalue weighted by atomic mass is 9.92. The first-order valence-electron chi connectivity index (χ1n) is 19.8. The van der Waals surface area contributed by atoms with Crippen molar-refractivity contribution in [3.8, 4) is 33.4 Å². The lowest BCUT2D eigenvalue weighted by Crippen LogP contribution is -2.11. The van der Waals surface area contributed by atoms with E-state index in [1.807, 2.05) is 23.9 Å². The number of para-hydroxylation sites is 2. The first-order valence-corrected chi connectivity index (χ1v) is 20.7. The van der Waals surface area contributed by atoms with Crippen LogP contribution in [0.2, 0.25) is 0 Å². The van der Waals surface area contributed by atoms with Gasteiger partial charge in [-0.2, -0.15) is 0 Å². The lowest BCUT2D eigenvalue weighted by Gasteiger charge is -2.28. The van der Waals surface area contributed by atoms with Crippen LogP contribution in [-0.2, 0) is 0 Å². The summed E-state index contributed by atoms with van der Waals surface area (Å²) in [6.07, 6.45) is 9.07. The number of hydrogen-bond donors (Lipinski definition) is 0. The number of thioether (sulfide) groups is 1. The van der Waals surface area contributed by atoms with Gasteiger partial charge >= 0.3 is 0 Å². The van der Waals surface area contributed by atoms with E-state index in [4.69, 9.17) is 8.83 Å². The van der Waals surface area contributed by atoms with Gasteiger partial charge in [-0.15, -0.1) is 11.8 Å². The standard InChI is InChI=1S/C54H35NO2S/c1-3-14-34(15-4-1)37-18-11-19-39(32-37)55(46-25-13-24-43-41-20-8-10-27-49(41)58-54(43)46)38-30-28-35(29-31-38)40-22-12-23-42-45-33-48-51(44-21-7-9-26-47(44)56-48)50(53(45)57-52(40)42)36-16-5-2-6-17-36/h1-33,41,49H. The van der Waals surface area contributed by atoms with E-state index in [2.05, 4.69) is 193 Å². The lowest BCUT2D eigenvalue weighted by molar-refractivity contribution is 0.665. The van der Waals surface area contributed by atoms with Gasteiger partial charge in [0.25, 0.3) is 0 Å². The predicted molar refractivity (Wildman–Crippen MR) is 243 cm³/mol. The molecule has 0 fully saturated rings. The SMILES string of the molecule is C1=CC2Sc3c(cccc3N(c3ccc(-c4cccc5c4oc4c(-c6ccccc6)c6c(cc45)oc4ccccc46)cc3)c3cccc(-c4ccccc4)c3)C2C=C1. The fraction of sp³-hybridized carbons (Fsp3) is 0.0370. The van der Waals surface area contributed by atoms with E-state index in [1.54, 1.807) is 0 Å². The Morgan fingerprint density at radius 3 is 2.05 bits per heavy atom. The van der Waals surface area contributed by atoms with Gasteiger partial charge in [0.05, 0.1) is 5.69 Å². The molecule has 0 saturated heterocycles. The van der Waals surface area contributed by atoms with Gasteiger partial charge in [-0.3, -0.25) is 0 Å². The number of hydrogen-bond acceptors (Lipinski definition) is 4. The Labute approximate surface area is 340 Å². The van der Waals surface area contributed by atoms with Crippen LogP contribution in [0.1, 0.15) is 11.5 Å². The van der Waals surface area contributed by atoms with Gasteiger partial charge in [-0.1, -0.05) is 158 Å². The van der Waals surface area contributed by atoms with E-state index < -0.39 is 0 Å². The average Bonchev–Trinajstić information content (AvgIpc) is 3.98. The maximum Gasteiger partial charge on any atom is 0.144 e. The number of benzene rings is 8. The zero-order chi connectivity index (χ0) is 38.2. The molecule has 0 N–H and O–H groups in total. The van der Waals surface area contributed by atoms with E-state index >= 15 is 0 Å². The van der Waals surface area contributed by atoms with Gasteiger partial charge in [0.1, 0.15) is 22.3 Å². The molecule has 274 valence electrons.